The number of hydrogen-bond donors (Lipinski definition) is 1. The smallest absolute Gasteiger partial charge is 0.146 e. The zero-order valence-corrected chi connectivity index (χ0v) is 11.1. The molecule has 1 aromatic rings. The van der Waals surface area contributed by atoms with Gasteiger partial charge in [-0.1, -0.05) is 19.4 Å². The van der Waals surface area contributed by atoms with Crippen LogP contribution in [0.5, 0.6) is 0 Å². The molecule has 0 saturated carbocycles. The molecule has 0 spiro atoms. The Balaban J connectivity index is 2.91. The first-order valence-corrected chi connectivity index (χ1v) is 6.17. The number of halogens is 1. The van der Waals surface area contributed by atoms with Crippen molar-refractivity contribution in [3.63, 3.8) is 0 Å². The summed E-state index contributed by atoms with van der Waals surface area (Å²) >= 11 is 0. The molecule has 2 nitrogen and oxygen atoms in total. The van der Waals surface area contributed by atoms with Crippen molar-refractivity contribution in [2.24, 2.45) is 0 Å². The van der Waals surface area contributed by atoms with Gasteiger partial charge in [-0.15, -0.1) is 0 Å². The molecule has 0 fully saturated rings. The van der Waals surface area contributed by atoms with E-state index >= 15 is 0 Å². The minimum Gasteiger partial charge on any atom is -0.389 e. The minimum absolute atomic E-state index is 0.270. The van der Waals surface area contributed by atoms with E-state index in [2.05, 4.69) is 13.8 Å². The van der Waals surface area contributed by atoms with Crippen LogP contribution in [0.2, 0.25) is 0 Å². The number of aliphatic hydroxyl groups is 1. The summed E-state index contributed by atoms with van der Waals surface area (Å²) in [6.45, 7) is 5.85. The molecule has 96 valence electrons. The highest BCUT2D eigenvalue weighted by molar-refractivity contribution is 5.49. The predicted octanol–water partition coefficient (Wildman–Crippen LogP) is 3.50. The zero-order valence-electron chi connectivity index (χ0n) is 11.1. The van der Waals surface area contributed by atoms with Crippen LogP contribution >= 0.6 is 0 Å². The van der Waals surface area contributed by atoms with Gasteiger partial charge in [-0.25, -0.2) is 4.39 Å². The lowest BCUT2D eigenvalue weighted by Gasteiger charge is -2.27. The van der Waals surface area contributed by atoms with Crippen LogP contribution in [0.15, 0.2) is 18.2 Å². The van der Waals surface area contributed by atoms with Gasteiger partial charge < -0.3 is 10.0 Å². The lowest BCUT2D eigenvalue weighted by molar-refractivity contribution is 0.199. The molecule has 1 unspecified atom stereocenters. The quantitative estimate of drug-likeness (QED) is 0.850. The van der Waals surface area contributed by atoms with Gasteiger partial charge in [0.25, 0.3) is 0 Å². The van der Waals surface area contributed by atoms with Gasteiger partial charge in [0.2, 0.25) is 0 Å². The van der Waals surface area contributed by atoms with Gasteiger partial charge >= 0.3 is 0 Å². The summed E-state index contributed by atoms with van der Waals surface area (Å²) < 4.78 is 13.9. The van der Waals surface area contributed by atoms with Crippen molar-refractivity contribution in [3.8, 4) is 0 Å². The molecule has 0 saturated heterocycles. The molecule has 1 N–H and O–H groups in total. The Kier molecular flexibility index (Phi) is 4.94. The summed E-state index contributed by atoms with van der Waals surface area (Å²) in [5, 5.41) is 9.39. The van der Waals surface area contributed by atoms with Crippen molar-refractivity contribution in [2.45, 2.75) is 45.8 Å². The molecule has 1 rings (SSSR count). The van der Waals surface area contributed by atoms with Crippen LogP contribution in [-0.4, -0.2) is 18.2 Å². The highest BCUT2D eigenvalue weighted by Crippen LogP contribution is 2.24. The largest absolute Gasteiger partial charge is 0.389 e. The number of aliphatic hydroxyl groups excluding tert-OH is 1. The average Bonchev–Trinajstić information content (AvgIpc) is 2.28. The van der Waals surface area contributed by atoms with Crippen molar-refractivity contribution in [3.05, 3.63) is 29.6 Å². The topological polar surface area (TPSA) is 23.5 Å². The maximum absolute atomic E-state index is 13.9. The first kappa shape index (κ1) is 14.0. The van der Waals surface area contributed by atoms with Crippen molar-refractivity contribution in [2.75, 3.05) is 11.9 Å². The fraction of sp³-hybridized carbons (Fsp3) is 0.571. The molecule has 2 atom stereocenters. The van der Waals surface area contributed by atoms with Crippen LogP contribution in [0.1, 0.15) is 45.3 Å². The lowest BCUT2D eigenvalue weighted by Crippen LogP contribution is -2.29. The van der Waals surface area contributed by atoms with E-state index in [1.165, 1.54) is 6.07 Å². The minimum atomic E-state index is -0.628. The fourth-order valence-corrected chi connectivity index (χ4v) is 1.92. The highest BCUT2D eigenvalue weighted by Gasteiger charge is 2.14. The molecule has 0 bridgehead atoms. The molecule has 3 heteroatoms. The molecule has 0 aliphatic carbocycles. The van der Waals surface area contributed by atoms with E-state index < -0.39 is 6.10 Å². The van der Waals surface area contributed by atoms with Crippen molar-refractivity contribution in [1.29, 1.82) is 0 Å². The Labute approximate surface area is 103 Å². The van der Waals surface area contributed by atoms with Crippen LogP contribution < -0.4 is 4.90 Å². The Morgan fingerprint density at radius 3 is 2.47 bits per heavy atom. The molecular formula is C14H22FNO. The summed E-state index contributed by atoms with van der Waals surface area (Å²) in [4.78, 5) is 1.95. The van der Waals surface area contributed by atoms with Crippen LogP contribution in [0, 0.1) is 5.82 Å². The van der Waals surface area contributed by atoms with E-state index in [-0.39, 0.29) is 5.82 Å². The monoisotopic (exact) mass is 239 g/mol. The standard InChI is InChI=1S/C14H22FNO/c1-5-6-10(2)16(4)14-8-7-12(11(3)17)9-13(14)15/h7-11,17H,5-6H2,1-4H3/t10?,11-/m0/s1. The van der Waals surface area contributed by atoms with Gasteiger partial charge in [0.05, 0.1) is 11.8 Å². The van der Waals surface area contributed by atoms with Gasteiger partial charge in [0.1, 0.15) is 5.82 Å². The first-order chi connectivity index (χ1) is 7.97. The van der Waals surface area contributed by atoms with Crippen molar-refractivity contribution in [1.82, 2.24) is 0 Å². The normalized spacial score (nSPS) is 14.5. The number of nitrogens with zero attached hydrogens (tertiary/aromatic N) is 1. The Morgan fingerprint density at radius 1 is 1.35 bits per heavy atom. The maximum atomic E-state index is 13.9. The average molecular weight is 239 g/mol. The van der Waals surface area contributed by atoms with Crippen molar-refractivity contribution < 1.29 is 9.50 Å². The molecule has 0 amide bonds. The Bertz CT molecular complexity index is 365. The van der Waals surface area contributed by atoms with Crippen molar-refractivity contribution >= 4 is 5.69 Å². The van der Waals surface area contributed by atoms with Gasteiger partial charge in [-0.2, -0.15) is 0 Å². The summed E-state index contributed by atoms with van der Waals surface area (Å²) in [7, 11) is 1.90. The molecule has 0 aliphatic heterocycles. The zero-order chi connectivity index (χ0) is 13.0. The fourth-order valence-electron chi connectivity index (χ4n) is 1.92. The molecule has 0 aromatic heterocycles. The van der Waals surface area contributed by atoms with E-state index in [9.17, 15) is 9.50 Å². The van der Waals surface area contributed by atoms with E-state index in [4.69, 9.17) is 0 Å². The van der Waals surface area contributed by atoms with Crippen LogP contribution in [0.4, 0.5) is 10.1 Å². The summed E-state index contributed by atoms with van der Waals surface area (Å²) in [6, 6.07) is 5.24. The van der Waals surface area contributed by atoms with E-state index in [1.54, 1.807) is 19.1 Å². The van der Waals surface area contributed by atoms with Gasteiger partial charge in [-0.05, 0) is 38.0 Å². The van der Waals surface area contributed by atoms with Gasteiger partial charge in [0, 0.05) is 13.1 Å². The second kappa shape index (κ2) is 6.01. The molecular weight excluding hydrogens is 217 g/mol. The first-order valence-electron chi connectivity index (χ1n) is 6.17. The summed E-state index contributed by atoms with van der Waals surface area (Å²) in [5.41, 5.74) is 1.21. The lowest BCUT2D eigenvalue weighted by atomic mass is 10.1. The third-order valence-corrected chi connectivity index (χ3v) is 3.20. The molecule has 0 heterocycles. The van der Waals surface area contributed by atoms with Crippen LogP contribution in [0.3, 0.4) is 0 Å². The predicted molar refractivity (Wildman–Crippen MR) is 69.8 cm³/mol. The number of rotatable bonds is 5. The molecule has 0 radical (unpaired) electrons. The molecule has 0 aliphatic rings. The van der Waals surface area contributed by atoms with Crippen LogP contribution in [0.25, 0.3) is 0 Å². The third-order valence-electron chi connectivity index (χ3n) is 3.20. The van der Waals surface area contributed by atoms with Crippen LogP contribution in [-0.2, 0) is 0 Å². The Hall–Kier alpha value is -1.09. The second-order valence-corrected chi connectivity index (χ2v) is 4.64. The third kappa shape index (κ3) is 3.43. The Morgan fingerprint density at radius 2 is 2.00 bits per heavy atom. The SMILES string of the molecule is CCCC(C)N(C)c1ccc([C@H](C)O)cc1F. The molecule has 17 heavy (non-hydrogen) atoms. The van der Waals surface area contributed by atoms with E-state index in [0.717, 1.165) is 12.8 Å². The van der Waals surface area contributed by atoms with E-state index in [0.29, 0.717) is 17.3 Å². The second-order valence-electron chi connectivity index (χ2n) is 4.64. The summed E-state index contributed by atoms with van der Waals surface area (Å²) in [6.07, 6.45) is 1.49. The number of benzene rings is 1. The summed E-state index contributed by atoms with van der Waals surface area (Å²) in [5.74, 6) is -0.270. The van der Waals surface area contributed by atoms with Gasteiger partial charge in [0.15, 0.2) is 0 Å². The molecule has 1 aromatic carbocycles. The number of hydrogen-bond acceptors (Lipinski definition) is 2. The van der Waals surface area contributed by atoms with E-state index in [1.807, 2.05) is 11.9 Å². The highest BCUT2D eigenvalue weighted by atomic mass is 19.1. The van der Waals surface area contributed by atoms with Gasteiger partial charge in [-0.3, -0.25) is 0 Å². The maximum Gasteiger partial charge on any atom is 0.146 e. The number of anilines is 1.